The Hall–Kier alpha value is -1.36. The molecule has 0 radical (unpaired) electrons. The highest BCUT2D eigenvalue weighted by molar-refractivity contribution is 5.47. The third-order valence-electron chi connectivity index (χ3n) is 2.75. The number of aryl methyl sites for hydroxylation is 1. The zero-order valence-electron chi connectivity index (χ0n) is 9.79. The molecule has 2 rings (SSSR count). The normalized spacial score (nSPS) is 14.9. The summed E-state index contributed by atoms with van der Waals surface area (Å²) in [7, 11) is 0. The Labute approximate surface area is 95.4 Å². The van der Waals surface area contributed by atoms with Crippen molar-refractivity contribution < 1.29 is 4.74 Å². The van der Waals surface area contributed by atoms with Gasteiger partial charge in [-0.1, -0.05) is 6.92 Å². The number of hydrogen-bond donors (Lipinski definition) is 2. The van der Waals surface area contributed by atoms with E-state index in [1.165, 1.54) is 12.8 Å². The third kappa shape index (κ3) is 2.41. The number of ether oxygens (including phenoxy) is 1. The van der Waals surface area contributed by atoms with E-state index in [9.17, 15) is 0 Å². The van der Waals surface area contributed by atoms with Crippen molar-refractivity contribution in [1.82, 2.24) is 9.97 Å². The van der Waals surface area contributed by atoms with Gasteiger partial charge >= 0.3 is 0 Å². The Bertz CT molecular complexity index is 376. The van der Waals surface area contributed by atoms with E-state index < -0.39 is 0 Å². The van der Waals surface area contributed by atoms with E-state index in [4.69, 9.17) is 10.6 Å². The highest BCUT2D eigenvalue weighted by Crippen LogP contribution is 2.30. The number of aromatic nitrogens is 2. The van der Waals surface area contributed by atoms with Crippen LogP contribution in [0, 0.1) is 12.8 Å². The monoisotopic (exact) mass is 222 g/mol. The smallest absolute Gasteiger partial charge is 0.221 e. The van der Waals surface area contributed by atoms with Crippen LogP contribution in [-0.4, -0.2) is 16.6 Å². The number of hydrogen-bond acceptors (Lipinski definition) is 5. The van der Waals surface area contributed by atoms with Crippen LogP contribution >= 0.6 is 0 Å². The van der Waals surface area contributed by atoms with E-state index >= 15 is 0 Å². The Morgan fingerprint density at radius 3 is 2.75 bits per heavy atom. The van der Waals surface area contributed by atoms with Crippen LogP contribution in [0.5, 0.6) is 5.88 Å². The van der Waals surface area contributed by atoms with Crippen molar-refractivity contribution in [2.75, 3.05) is 12.0 Å². The molecule has 0 atom stereocenters. The first-order valence-electron chi connectivity index (χ1n) is 5.71. The molecular formula is C11H18N4O. The summed E-state index contributed by atoms with van der Waals surface area (Å²) >= 11 is 0. The summed E-state index contributed by atoms with van der Waals surface area (Å²) in [6, 6.07) is 0. The van der Waals surface area contributed by atoms with Gasteiger partial charge in [0.1, 0.15) is 11.6 Å². The molecule has 5 nitrogen and oxygen atoms in total. The standard InChI is InChI=1S/C11H18N4O/c1-3-9-13-10(15-12)7(2)11(14-9)16-6-8-4-5-8/h8H,3-6,12H2,1-2H3,(H,13,14,15). The van der Waals surface area contributed by atoms with Crippen LogP contribution in [0.2, 0.25) is 0 Å². The maximum absolute atomic E-state index is 5.70. The van der Waals surface area contributed by atoms with E-state index in [1.54, 1.807) is 0 Å². The fraction of sp³-hybridized carbons (Fsp3) is 0.636. The first-order valence-corrected chi connectivity index (χ1v) is 5.71. The minimum Gasteiger partial charge on any atom is -0.477 e. The number of nitrogen functional groups attached to an aromatic ring is 1. The van der Waals surface area contributed by atoms with Gasteiger partial charge in [0.15, 0.2) is 0 Å². The van der Waals surface area contributed by atoms with Crippen molar-refractivity contribution in [3.05, 3.63) is 11.4 Å². The third-order valence-corrected chi connectivity index (χ3v) is 2.75. The predicted molar refractivity (Wildman–Crippen MR) is 62.2 cm³/mol. The molecule has 3 N–H and O–H groups in total. The van der Waals surface area contributed by atoms with Gasteiger partial charge < -0.3 is 10.2 Å². The van der Waals surface area contributed by atoms with Crippen LogP contribution in [0.15, 0.2) is 0 Å². The van der Waals surface area contributed by atoms with Gasteiger partial charge in [0.2, 0.25) is 5.88 Å². The molecule has 0 bridgehead atoms. The van der Waals surface area contributed by atoms with E-state index in [-0.39, 0.29) is 0 Å². The van der Waals surface area contributed by atoms with Crippen molar-refractivity contribution in [3.63, 3.8) is 0 Å². The van der Waals surface area contributed by atoms with Crippen LogP contribution in [0.3, 0.4) is 0 Å². The zero-order chi connectivity index (χ0) is 11.5. The topological polar surface area (TPSA) is 73.1 Å². The van der Waals surface area contributed by atoms with E-state index in [2.05, 4.69) is 15.4 Å². The highest BCUT2D eigenvalue weighted by Gasteiger charge is 2.23. The Balaban J connectivity index is 2.18. The van der Waals surface area contributed by atoms with Crippen LogP contribution < -0.4 is 16.0 Å². The first-order chi connectivity index (χ1) is 7.74. The maximum atomic E-state index is 5.70. The van der Waals surface area contributed by atoms with Crippen molar-refractivity contribution in [1.29, 1.82) is 0 Å². The van der Waals surface area contributed by atoms with Crippen LogP contribution in [-0.2, 0) is 6.42 Å². The molecule has 0 saturated heterocycles. The van der Waals surface area contributed by atoms with Gasteiger partial charge in [-0.25, -0.2) is 10.8 Å². The molecule has 0 aromatic carbocycles. The Morgan fingerprint density at radius 2 is 2.19 bits per heavy atom. The molecule has 1 aromatic heterocycles. The molecular weight excluding hydrogens is 204 g/mol. The van der Waals surface area contributed by atoms with Crippen LogP contribution in [0.4, 0.5) is 5.82 Å². The lowest BCUT2D eigenvalue weighted by Gasteiger charge is -2.12. The van der Waals surface area contributed by atoms with Gasteiger partial charge in [0, 0.05) is 6.42 Å². The first kappa shape index (κ1) is 11.1. The molecule has 1 saturated carbocycles. The quantitative estimate of drug-likeness (QED) is 0.582. The molecule has 1 heterocycles. The van der Waals surface area contributed by atoms with E-state index in [0.717, 1.165) is 24.4 Å². The molecule has 1 aliphatic rings. The summed E-state index contributed by atoms with van der Waals surface area (Å²) in [4.78, 5) is 8.66. The fourth-order valence-electron chi connectivity index (χ4n) is 1.46. The molecule has 0 amide bonds. The Morgan fingerprint density at radius 1 is 1.44 bits per heavy atom. The minimum atomic E-state index is 0.651. The van der Waals surface area contributed by atoms with Crippen molar-refractivity contribution in [2.45, 2.75) is 33.1 Å². The lowest BCUT2D eigenvalue weighted by molar-refractivity contribution is 0.285. The Kier molecular flexibility index (Phi) is 3.24. The molecule has 0 spiro atoms. The largest absolute Gasteiger partial charge is 0.477 e. The summed E-state index contributed by atoms with van der Waals surface area (Å²) in [5.74, 6) is 8.20. The lowest BCUT2D eigenvalue weighted by Crippen LogP contribution is -2.14. The molecule has 88 valence electrons. The number of anilines is 1. The average Bonchev–Trinajstić information content (AvgIpc) is 3.11. The van der Waals surface area contributed by atoms with Crippen LogP contribution in [0.1, 0.15) is 31.2 Å². The van der Waals surface area contributed by atoms with E-state index in [1.807, 2.05) is 13.8 Å². The second-order valence-corrected chi connectivity index (χ2v) is 4.17. The summed E-state index contributed by atoms with van der Waals surface area (Å²) < 4.78 is 5.70. The van der Waals surface area contributed by atoms with Crippen molar-refractivity contribution >= 4 is 5.82 Å². The van der Waals surface area contributed by atoms with Crippen LogP contribution in [0.25, 0.3) is 0 Å². The van der Waals surface area contributed by atoms with Gasteiger partial charge in [0.05, 0.1) is 12.2 Å². The fourth-order valence-corrected chi connectivity index (χ4v) is 1.46. The van der Waals surface area contributed by atoms with Gasteiger partial charge in [-0.2, -0.15) is 4.98 Å². The van der Waals surface area contributed by atoms with Gasteiger partial charge in [-0.15, -0.1) is 0 Å². The highest BCUT2D eigenvalue weighted by atomic mass is 16.5. The van der Waals surface area contributed by atoms with Gasteiger partial charge in [0.25, 0.3) is 0 Å². The predicted octanol–water partition coefficient (Wildman–Crippen LogP) is 1.42. The average molecular weight is 222 g/mol. The molecule has 0 aliphatic heterocycles. The summed E-state index contributed by atoms with van der Waals surface area (Å²) in [5.41, 5.74) is 3.46. The molecule has 1 aromatic rings. The number of rotatable bonds is 5. The molecule has 1 fully saturated rings. The molecule has 0 unspecified atom stereocenters. The maximum Gasteiger partial charge on any atom is 0.221 e. The summed E-state index contributed by atoms with van der Waals surface area (Å²) in [5, 5.41) is 0. The SMILES string of the molecule is CCc1nc(NN)c(C)c(OCC2CC2)n1. The molecule has 5 heteroatoms. The van der Waals surface area contributed by atoms with Crippen molar-refractivity contribution in [3.8, 4) is 5.88 Å². The second-order valence-electron chi connectivity index (χ2n) is 4.17. The second kappa shape index (κ2) is 4.65. The van der Waals surface area contributed by atoms with Crippen molar-refractivity contribution in [2.24, 2.45) is 11.8 Å². The number of nitrogens with one attached hydrogen (secondary N) is 1. The zero-order valence-corrected chi connectivity index (χ0v) is 9.79. The van der Waals surface area contributed by atoms with E-state index in [0.29, 0.717) is 17.6 Å². The molecule has 1 aliphatic carbocycles. The summed E-state index contributed by atoms with van der Waals surface area (Å²) in [6.45, 7) is 4.68. The summed E-state index contributed by atoms with van der Waals surface area (Å²) in [6.07, 6.45) is 3.31. The lowest BCUT2D eigenvalue weighted by atomic mass is 10.3. The molecule has 16 heavy (non-hydrogen) atoms. The minimum absolute atomic E-state index is 0.651. The number of hydrazine groups is 1. The number of nitrogens with zero attached hydrogens (tertiary/aromatic N) is 2. The number of nitrogens with two attached hydrogens (primary N) is 1. The van der Waals surface area contributed by atoms with Gasteiger partial charge in [-0.3, -0.25) is 0 Å². The van der Waals surface area contributed by atoms with Gasteiger partial charge in [-0.05, 0) is 25.7 Å².